The Morgan fingerprint density at radius 2 is 1.00 bits per heavy atom. The fourth-order valence-corrected chi connectivity index (χ4v) is 0. The number of hydrogen-bond donors (Lipinski definition) is 0. The van der Waals surface area contributed by atoms with Gasteiger partial charge in [-0.25, -0.2) is 0 Å². The van der Waals surface area contributed by atoms with Crippen molar-refractivity contribution in [1.82, 2.24) is 0 Å². The fourth-order valence-electron chi connectivity index (χ4n) is 0. The maximum absolute atomic E-state index is 0. The summed E-state index contributed by atoms with van der Waals surface area (Å²) in [6, 6.07) is 0. The van der Waals surface area contributed by atoms with Crippen LogP contribution in [0.5, 0.6) is 0 Å². The summed E-state index contributed by atoms with van der Waals surface area (Å²) in [6.07, 6.45) is 0. The van der Waals surface area contributed by atoms with Crippen LogP contribution in [-0.2, 0) is 0 Å². The van der Waals surface area contributed by atoms with Crippen molar-refractivity contribution in [3.63, 3.8) is 0 Å². The second kappa shape index (κ2) is 29.2. The molecule has 0 aromatic carbocycles. The summed E-state index contributed by atoms with van der Waals surface area (Å²) in [5.41, 5.74) is 0. The van der Waals surface area contributed by atoms with Gasteiger partial charge in [-0.3, -0.25) is 0 Å². The van der Waals surface area contributed by atoms with Gasteiger partial charge in [0.2, 0.25) is 0 Å². The van der Waals surface area contributed by atoms with Crippen molar-refractivity contribution in [3.8, 4) is 0 Å². The average molecular weight is 866 g/mol. The van der Waals surface area contributed by atoms with E-state index in [1.807, 2.05) is 0 Å². The first-order valence-electron chi connectivity index (χ1n) is 0. The van der Waals surface area contributed by atoms with Crippen LogP contribution >= 0.6 is 0 Å². The third kappa shape index (κ3) is 22.8. The van der Waals surface area contributed by atoms with E-state index in [2.05, 4.69) is 0 Å². The molecule has 0 bridgehead atoms. The summed E-state index contributed by atoms with van der Waals surface area (Å²) < 4.78 is 0. The van der Waals surface area contributed by atoms with Gasteiger partial charge in [-0.05, 0) is 0 Å². The maximum Gasteiger partial charge on any atom is 0 e. The van der Waals surface area contributed by atoms with E-state index in [4.69, 9.17) is 0 Å². The van der Waals surface area contributed by atoms with Gasteiger partial charge in [-0.2, -0.15) is 0 Å². The Bertz CT molecular complexity index is 15.5. The zero-order valence-corrected chi connectivity index (χ0v) is 21.7. The maximum atomic E-state index is 0. The molecular formula is CeEuLaNdPrSm. The van der Waals surface area contributed by atoms with E-state index in [0.29, 0.717) is 0 Å². The Hall–Kier alpha value is 8.21. The van der Waals surface area contributed by atoms with Crippen LogP contribution < -0.4 is 0 Å². The summed E-state index contributed by atoms with van der Waals surface area (Å²) in [7, 11) is 0. The van der Waals surface area contributed by atoms with E-state index >= 15 is 0 Å². The topological polar surface area (TPSA) is 0 Å². The zero-order valence-electron chi connectivity index (χ0n) is 2.94. The molecule has 6 heavy (non-hydrogen) atoms. The third-order valence-corrected chi connectivity index (χ3v) is 0. The van der Waals surface area contributed by atoms with E-state index in [9.17, 15) is 0 Å². The second-order valence-electron chi connectivity index (χ2n) is 0. The van der Waals surface area contributed by atoms with Crippen LogP contribution in [-0.4, -0.2) is 0 Å². The van der Waals surface area contributed by atoms with E-state index in [1.165, 1.54) is 0 Å². The quantitative estimate of drug-likeness (QED) is 0.323. The molecule has 0 aliphatic carbocycles. The van der Waals surface area contributed by atoms with Crippen molar-refractivity contribution in [2.45, 2.75) is 0 Å². The molecule has 3 radical (unpaired) electrons. The number of hydrogen-bond acceptors (Lipinski definition) is 0. The van der Waals surface area contributed by atoms with Gasteiger partial charge in [0, 0.05) is 249 Å². The van der Waals surface area contributed by atoms with Gasteiger partial charge in [-0.1, -0.05) is 0 Å². The van der Waals surface area contributed by atoms with Crippen LogP contribution in [0.15, 0.2) is 0 Å². The summed E-state index contributed by atoms with van der Waals surface area (Å²) in [5, 5.41) is 0. The molecule has 0 saturated heterocycles. The summed E-state index contributed by atoms with van der Waals surface area (Å²) in [5.74, 6) is 0. The van der Waals surface area contributed by atoms with Crippen molar-refractivity contribution in [2.75, 3.05) is 0 Å². The van der Waals surface area contributed by atoms with Crippen molar-refractivity contribution in [2.24, 2.45) is 0 Å². The molecule has 0 aromatic rings. The Labute approximate surface area is 239 Å². The first kappa shape index (κ1) is 36.8. The average Bonchev–Trinajstić information content (AvgIpc) is 0. The second-order valence-corrected chi connectivity index (χ2v) is 0. The molecule has 0 N–H and O–H groups in total. The molecule has 0 atom stereocenters. The molecule has 0 aliphatic heterocycles. The van der Waals surface area contributed by atoms with Gasteiger partial charge in [0.25, 0.3) is 0 Å². The SMILES string of the molecule is [Ce].[Eu].[La].[Nd].[Pr].[Sm]. The molecule has 0 unspecified atom stereocenters. The van der Waals surface area contributed by atoms with Crippen LogP contribution in [0, 0.1) is 249 Å². The van der Waals surface area contributed by atoms with Gasteiger partial charge in [0.1, 0.15) is 0 Å². The smallest absolute Gasteiger partial charge is 0 e. The largest absolute Gasteiger partial charge is 0 e. The first-order chi connectivity index (χ1) is 0. The van der Waals surface area contributed by atoms with Crippen LogP contribution in [0.4, 0.5) is 0 Å². The van der Waals surface area contributed by atoms with Gasteiger partial charge >= 0.3 is 0 Å². The molecule has 0 nitrogen and oxygen atoms in total. The summed E-state index contributed by atoms with van der Waals surface area (Å²) >= 11 is 0. The minimum absolute atomic E-state index is 0. The standard InChI is InChI=1S/Ce.Eu.La.Nd.Pr.Sm. The zero-order chi connectivity index (χ0) is 0. The van der Waals surface area contributed by atoms with Crippen molar-refractivity contribution < 1.29 is 249 Å². The molecule has 6 heteroatoms. The van der Waals surface area contributed by atoms with E-state index < -0.39 is 0 Å². The predicted molar refractivity (Wildman–Crippen MR) is 0 cm³/mol. The van der Waals surface area contributed by atoms with Crippen LogP contribution in [0.25, 0.3) is 0 Å². The number of rotatable bonds is 0. The minimum Gasteiger partial charge on any atom is 0 e. The molecule has 27 valence electrons. The molecular weight excluding hydrogens is 866 g/mol. The van der Waals surface area contributed by atoms with Gasteiger partial charge in [-0.15, -0.1) is 0 Å². The van der Waals surface area contributed by atoms with E-state index in [-0.39, 0.29) is 249 Å². The Balaban J connectivity index is 0. The van der Waals surface area contributed by atoms with Crippen LogP contribution in [0.2, 0.25) is 0 Å². The molecule has 0 heterocycles. The summed E-state index contributed by atoms with van der Waals surface area (Å²) in [4.78, 5) is 0. The third-order valence-electron chi connectivity index (χ3n) is 0. The first-order valence-corrected chi connectivity index (χ1v) is 0. The molecule has 0 amide bonds. The monoisotopic (exact) mass is 866 g/mol. The molecule has 0 fully saturated rings. The van der Waals surface area contributed by atoms with Crippen LogP contribution in [0.3, 0.4) is 0 Å². The molecule has 0 spiro atoms. The normalized spacial score (nSPS) is 0. The van der Waals surface area contributed by atoms with Gasteiger partial charge < -0.3 is 0 Å². The van der Waals surface area contributed by atoms with Crippen LogP contribution in [0.1, 0.15) is 0 Å². The van der Waals surface area contributed by atoms with Crippen molar-refractivity contribution in [3.05, 3.63) is 0 Å². The van der Waals surface area contributed by atoms with E-state index in [1.54, 1.807) is 0 Å². The predicted octanol–water partition coefficient (Wildman–Crippen LogP) is 0. The Morgan fingerprint density at radius 3 is 1.00 bits per heavy atom. The Kier molecular flexibility index (Phi) is 179. The molecule has 0 rings (SSSR count). The van der Waals surface area contributed by atoms with Gasteiger partial charge in [0.05, 0.1) is 0 Å². The fraction of sp³-hybridized carbons (Fsp3) is 0. The molecule has 0 saturated carbocycles. The molecule has 0 aromatic heterocycles. The van der Waals surface area contributed by atoms with Gasteiger partial charge in [0.15, 0.2) is 0 Å². The van der Waals surface area contributed by atoms with E-state index in [0.717, 1.165) is 0 Å². The molecule has 0 aliphatic rings. The van der Waals surface area contributed by atoms with Crippen molar-refractivity contribution >= 4 is 0 Å². The minimum atomic E-state index is 0. The van der Waals surface area contributed by atoms with Crippen molar-refractivity contribution in [1.29, 1.82) is 0 Å². The Morgan fingerprint density at radius 1 is 1.00 bits per heavy atom. The summed E-state index contributed by atoms with van der Waals surface area (Å²) in [6.45, 7) is 0.